The standard InChI is InChI=1S/C15H13F3O/c16-15(17,18)14-6-2-5-13(10-14)12-4-1-3-11(9-12)7-8-19/h1-6,9-10,19H,7-8H2. The van der Waals surface area contributed by atoms with Gasteiger partial charge in [0.25, 0.3) is 0 Å². The number of hydrogen-bond donors (Lipinski definition) is 1. The lowest BCUT2D eigenvalue weighted by atomic mass is 10.00. The van der Waals surface area contributed by atoms with Gasteiger partial charge >= 0.3 is 6.18 Å². The molecular weight excluding hydrogens is 253 g/mol. The second kappa shape index (κ2) is 5.45. The van der Waals surface area contributed by atoms with E-state index >= 15 is 0 Å². The van der Waals surface area contributed by atoms with Crippen molar-refractivity contribution in [1.82, 2.24) is 0 Å². The van der Waals surface area contributed by atoms with Gasteiger partial charge in [-0.2, -0.15) is 13.2 Å². The first-order chi connectivity index (χ1) is 9.00. The highest BCUT2D eigenvalue weighted by molar-refractivity contribution is 5.65. The van der Waals surface area contributed by atoms with Crippen molar-refractivity contribution in [3.05, 3.63) is 59.7 Å². The van der Waals surface area contributed by atoms with Crippen molar-refractivity contribution in [2.24, 2.45) is 0 Å². The molecule has 19 heavy (non-hydrogen) atoms. The Labute approximate surface area is 109 Å². The maximum Gasteiger partial charge on any atom is 0.416 e. The molecule has 2 aromatic rings. The van der Waals surface area contributed by atoms with Crippen LogP contribution in [0.4, 0.5) is 13.2 Å². The Kier molecular flexibility index (Phi) is 3.90. The minimum Gasteiger partial charge on any atom is -0.396 e. The van der Waals surface area contributed by atoms with E-state index in [1.54, 1.807) is 24.3 Å². The monoisotopic (exact) mass is 266 g/mol. The van der Waals surface area contributed by atoms with Gasteiger partial charge in [0.1, 0.15) is 0 Å². The number of aliphatic hydroxyl groups excluding tert-OH is 1. The van der Waals surface area contributed by atoms with E-state index < -0.39 is 11.7 Å². The summed E-state index contributed by atoms with van der Waals surface area (Å²) in [5.41, 5.74) is 1.49. The second-order valence-electron chi connectivity index (χ2n) is 4.25. The average molecular weight is 266 g/mol. The van der Waals surface area contributed by atoms with Crippen LogP contribution in [0.3, 0.4) is 0 Å². The predicted octanol–water partition coefficient (Wildman–Crippen LogP) is 3.91. The molecule has 0 aromatic heterocycles. The zero-order valence-electron chi connectivity index (χ0n) is 10.1. The molecule has 0 atom stereocenters. The zero-order valence-corrected chi connectivity index (χ0v) is 10.1. The summed E-state index contributed by atoms with van der Waals surface area (Å²) in [6.45, 7) is 0.0199. The molecule has 0 aliphatic carbocycles. The third-order valence-electron chi connectivity index (χ3n) is 2.85. The van der Waals surface area contributed by atoms with E-state index in [1.165, 1.54) is 6.07 Å². The minimum absolute atomic E-state index is 0.0199. The molecule has 0 amide bonds. The molecule has 0 unspecified atom stereocenters. The number of halogens is 3. The highest BCUT2D eigenvalue weighted by Crippen LogP contribution is 2.32. The molecule has 0 aliphatic heterocycles. The summed E-state index contributed by atoms with van der Waals surface area (Å²) in [6, 6.07) is 12.4. The lowest BCUT2D eigenvalue weighted by Crippen LogP contribution is -2.04. The third kappa shape index (κ3) is 3.35. The summed E-state index contributed by atoms with van der Waals surface area (Å²) in [5, 5.41) is 8.88. The van der Waals surface area contributed by atoms with Crippen LogP contribution in [-0.2, 0) is 12.6 Å². The van der Waals surface area contributed by atoms with Gasteiger partial charge in [0.2, 0.25) is 0 Å². The van der Waals surface area contributed by atoms with Gasteiger partial charge in [-0.3, -0.25) is 0 Å². The molecular formula is C15H13F3O. The SMILES string of the molecule is OCCc1cccc(-c2cccc(C(F)(F)F)c2)c1. The van der Waals surface area contributed by atoms with Gasteiger partial charge in [0.15, 0.2) is 0 Å². The predicted molar refractivity (Wildman–Crippen MR) is 67.7 cm³/mol. The third-order valence-corrected chi connectivity index (χ3v) is 2.85. The average Bonchev–Trinajstić information content (AvgIpc) is 2.39. The van der Waals surface area contributed by atoms with Crippen LogP contribution in [0.5, 0.6) is 0 Å². The smallest absolute Gasteiger partial charge is 0.396 e. The van der Waals surface area contributed by atoms with E-state index in [2.05, 4.69) is 0 Å². The maximum atomic E-state index is 12.7. The van der Waals surface area contributed by atoms with Crippen molar-refractivity contribution < 1.29 is 18.3 Å². The molecule has 2 rings (SSSR count). The molecule has 2 aromatic carbocycles. The molecule has 0 saturated heterocycles. The highest BCUT2D eigenvalue weighted by atomic mass is 19.4. The molecule has 0 heterocycles. The van der Waals surface area contributed by atoms with Gasteiger partial charge in [-0.25, -0.2) is 0 Å². The van der Waals surface area contributed by atoms with Crippen molar-refractivity contribution in [2.45, 2.75) is 12.6 Å². The first-order valence-electron chi connectivity index (χ1n) is 5.88. The Bertz CT molecular complexity index is 561. The Morgan fingerprint density at radius 3 is 2.16 bits per heavy atom. The van der Waals surface area contributed by atoms with Crippen LogP contribution in [0.15, 0.2) is 48.5 Å². The Morgan fingerprint density at radius 1 is 0.895 bits per heavy atom. The molecule has 4 heteroatoms. The summed E-state index contributed by atoms with van der Waals surface area (Å²) >= 11 is 0. The Hall–Kier alpha value is -1.81. The number of aliphatic hydroxyl groups is 1. The number of rotatable bonds is 3. The van der Waals surface area contributed by atoms with E-state index in [9.17, 15) is 13.2 Å². The van der Waals surface area contributed by atoms with E-state index in [4.69, 9.17) is 5.11 Å². The largest absolute Gasteiger partial charge is 0.416 e. The van der Waals surface area contributed by atoms with Crippen LogP contribution in [0, 0.1) is 0 Å². The fourth-order valence-corrected chi connectivity index (χ4v) is 1.91. The molecule has 0 fully saturated rings. The molecule has 0 bridgehead atoms. The lowest BCUT2D eigenvalue weighted by molar-refractivity contribution is -0.137. The van der Waals surface area contributed by atoms with Gasteiger partial charge < -0.3 is 5.11 Å². The van der Waals surface area contributed by atoms with Crippen molar-refractivity contribution in [3.8, 4) is 11.1 Å². The quantitative estimate of drug-likeness (QED) is 0.893. The maximum absolute atomic E-state index is 12.7. The summed E-state index contributed by atoms with van der Waals surface area (Å²) < 4.78 is 38.0. The topological polar surface area (TPSA) is 20.2 Å². The molecule has 0 radical (unpaired) electrons. The van der Waals surface area contributed by atoms with Gasteiger partial charge in [0.05, 0.1) is 5.56 Å². The van der Waals surface area contributed by atoms with Gasteiger partial charge in [0, 0.05) is 6.61 Å². The van der Waals surface area contributed by atoms with Crippen molar-refractivity contribution in [2.75, 3.05) is 6.61 Å². The normalized spacial score (nSPS) is 11.6. The Morgan fingerprint density at radius 2 is 1.53 bits per heavy atom. The fourth-order valence-electron chi connectivity index (χ4n) is 1.91. The van der Waals surface area contributed by atoms with Gasteiger partial charge in [-0.1, -0.05) is 36.4 Å². The van der Waals surface area contributed by atoms with Crippen molar-refractivity contribution in [1.29, 1.82) is 0 Å². The summed E-state index contributed by atoms with van der Waals surface area (Å²) in [5.74, 6) is 0. The molecule has 1 nitrogen and oxygen atoms in total. The summed E-state index contributed by atoms with van der Waals surface area (Å²) in [6.07, 6.45) is -3.84. The van der Waals surface area contributed by atoms with E-state index in [0.717, 1.165) is 23.3 Å². The summed E-state index contributed by atoms with van der Waals surface area (Å²) in [4.78, 5) is 0. The van der Waals surface area contributed by atoms with Crippen molar-refractivity contribution >= 4 is 0 Å². The molecule has 1 N–H and O–H groups in total. The van der Waals surface area contributed by atoms with E-state index in [0.29, 0.717) is 12.0 Å². The van der Waals surface area contributed by atoms with Crippen LogP contribution in [0.25, 0.3) is 11.1 Å². The molecule has 100 valence electrons. The minimum atomic E-state index is -4.33. The molecule has 0 spiro atoms. The fraction of sp³-hybridized carbons (Fsp3) is 0.200. The van der Waals surface area contributed by atoms with Gasteiger partial charge in [-0.05, 0) is 35.2 Å². The number of alkyl halides is 3. The summed E-state index contributed by atoms with van der Waals surface area (Å²) in [7, 11) is 0. The number of hydrogen-bond acceptors (Lipinski definition) is 1. The lowest BCUT2D eigenvalue weighted by Gasteiger charge is -2.09. The first kappa shape index (κ1) is 13.6. The zero-order chi connectivity index (χ0) is 13.9. The van der Waals surface area contributed by atoms with Crippen molar-refractivity contribution in [3.63, 3.8) is 0 Å². The van der Waals surface area contributed by atoms with Crippen LogP contribution in [0.2, 0.25) is 0 Å². The highest BCUT2D eigenvalue weighted by Gasteiger charge is 2.30. The van der Waals surface area contributed by atoms with E-state index in [1.807, 2.05) is 6.07 Å². The Balaban J connectivity index is 2.39. The van der Waals surface area contributed by atoms with Crippen LogP contribution < -0.4 is 0 Å². The second-order valence-corrected chi connectivity index (χ2v) is 4.25. The van der Waals surface area contributed by atoms with Crippen LogP contribution >= 0.6 is 0 Å². The molecule has 0 aliphatic rings. The molecule has 0 saturated carbocycles. The van der Waals surface area contributed by atoms with Crippen LogP contribution in [0.1, 0.15) is 11.1 Å². The first-order valence-corrected chi connectivity index (χ1v) is 5.88. The van der Waals surface area contributed by atoms with Crippen LogP contribution in [-0.4, -0.2) is 11.7 Å². The number of benzene rings is 2. The van der Waals surface area contributed by atoms with E-state index in [-0.39, 0.29) is 6.61 Å². The van der Waals surface area contributed by atoms with Gasteiger partial charge in [-0.15, -0.1) is 0 Å².